The van der Waals surface area contributed by atoms with Crippen LogP contribution in [0.4, 0.5) is 0 Å². The molecule has 0 spiro atoms. The maximum absolute atomic E-state index is 11.9. The van der Waals surface area contributed by atoms with Crippen LogP contribution in [-0.4, -0.2) is 16.9 Å². The second-order valence-electron chi connectivity index (χ2n) is 3.86. The molecule has 0 saturated carbocycles. The number of thiocarbonyl (C=S) groups is 1. The van der Waals surface area contributed by atoms with Gasteiger partial charge >= 0.3 is 0 Å². The van der Waals surface area contributed by atoms with Gasteiger partial charge in [-0.3, -0.25) is 4.79 Å². The molecular weight excluding hydrogens is 220 g/mol. The van der Waals surface area contributed by atoms with Crippen LogP contribution in [0, 0.1) is 6.92 Å². The van der Waals surface area contributed by atoms with Gasteiger partial charge in [-0.2, -0.15) is 0 Å². The zero-order valence-electron chi connectivity index (χ0n) is 9.49. The summed E-state index contributed by atoms with van der Waals surface area (Å²) in [6, 6.07) is 7.43. The largest absolute Gasteiger partial charge is 0.393 e. The number of nitrogens with one attached hydrogen (secondary N) is 1. The lowest BCUT2D eigenvalue weighted by molar-refractivity contribution is 0.0940. The van der Waals surface area contributed by atoms with Crippen LogP contribution in [0.3, 0.4) is 0 Å². The average molecular weight is 236 g/mol. The topological polar surface area (TPSA) is 55.1 Å². The molecule has 1 atom stereocenters. The molecule has 1 aromatic rings. The molecule has 3 N–H and O–H groups in total. The summed E-state index contributed by atoms with van der Waals surface area (Å²) in [6.45, 7) is 3.79. The van der Waals surface area contributed by atoms with Crippen molar-refractivity contribution in [1.82, 2.24) is 5.32 Å². The Bertz CT molecular complexity index is 404. The first-order chi connectivity index (χ1) is 7.50. The van der Waals surface area contributed by atoms with Crippen molar-refractivity contribution in [3.8, 4) is 0 Å². The maximum atomic E-state index is 11.9. The summed E-state index contributed by atoms with van der Waals surface area (Å²) in [5.41, 5.74) is 7.07. The SMILES string of the molecule is Cc1ccccc1C(=O)NC(C)CC(N)=S. The van der Waals surface area contributed by atoms with Crippen molar-refractivity contribution in [2.75, 3.05) is 0 Å². The zero-order valence-corrected chi connectivity index (χ0v) is 10.3. The van der Waals surface area contributed by atoms with E-state index in [1.165, 1.54) is 0 Å². The van der Waals surface area contributed by atoms with Crippen molar-refractivity contribution in [2.24, 2.45) is 5.73 Å². The van der Waals surface area contributed by atoms with Crippen LogP contribution in [-0.2, 0) is 0 Å². The van der Waals surface area contributed by atoms with Gasteiger partial charge in [0.05, 0.1) is 4.99 Å². The van der Waals surface area contributed by atoms with Gasteiger partial charge in [0.15, 0.2) is 0 Å². The molecule has 1 rings (SSSR count). The Hall–Kier alpha value is -1.42. The first-order valence-electron chi connectivity index (χ1n) is 5.15. The van der Waals surface area contributed by atoms with Gasteiger partial charge in [-0.05, 0) is 25.5 Å². The van der Waals surface area contributed by atoms with Crippen molar-refractivity contribution < 1.29 is 4.79 Å². The molecule has 0 saturated heterocycles. The Morgan fingerprint density at radius 3 is 2.69 bits per heavy atom. The highest BCUT2D eigenvalue weighted by Crippen LogP contribution is 2.07. The fraction of sp³-hybridized carbons (Fsp3) is 0.333. The van der Waals surface area contributed by atoms with Gasteiger partial charge in [0.2, 0.25) is 0 Å². The van der Waals surface area contributed by atoms with Crippen LogP contribution < -0.4 is 11.1 Å². The number of carbonyl (C=O) groups is 1. The molecular formula is C12H16N2OS. The second-order valence-corrected chi connectivity index (χ2v) is 4.38. The third-order valence-corrected chi connectivity index (χ3v) is 2.44. The first kappa shape index (κ1) is 12.6. The molecule has 1 aromatic carbocycles. The number of nitrogens with two attached hydrogens (primary N) is 1. The number of amides is 1. The van der Waals surface area contributed by atoms with Crippen LogP contribution in [0.25, 0.3) is 0 Å². The Morgan fingerprint density at radius 2 is 2.12 bits per heavy atom. The molecule has 3 nitrogen and oxygen atoms in total. The highest BCUT2D eigenvalue weighted by atomic mass is 32.1. The quantitative estimate of drug-likeness (QED) is 0.784. The van der Waals surface area contributed by atoms with Crippen LogP contribution in [0.2, 0.25) is 0 Å². The number of aryl methyl sites for hydroxylation is 1. The summed E-state index contributed by atoms with van der Waals surface area (Å²) in [5.74, 6) is -0.0816. The van der Waals surface area contributed by atoms with E-state index < -0.39 is 0 Å². The third kappa shape index (κ3) is 3.62. The predicted octanol–water partition coefficient (Wildman–Crippen LogP) is 1.79. The number of benzene rings is 1. The standard InChI is InChI=1S/C12H16N2OS/c1-8-5-3-4-6-10(8)12(15)14-9(2)7-11(13)16/h3-6,9H,7H2,1-2H3,(H2,13,16)(H,14,15). The van der Waals surface area contributed by atoms with Crippen LogP contribution in [0.1, 0.15) is 29.3 Å². The molecule has 1 unspecified atom stereocenters. The molecule has 0 heterocycles. The van der Waals surface area contributed by atoms with E-state index in [1.54, 1.807) is 6.07 Å². The van der Waals surface area contributed by atoms with Crippen LogP contribution >= 0.6 is 12.2 Å². The summed E-state index contributed by atoms with van der Waals surface area (Å²) in [6.07, 6.45) is 0.521. The van der Waals surface area contributed by atoms with Crippen molar-refractivity contribution >= 4 is 23.1 Å². The summed E-state index contributed by atoms with van der Waals surface area (Å²) >= 11 is 4.79. The minimum absolute atomic E-state index is 0.0374. The lowest BCUT2D eigenvalue weighted by atomic mass is 10.1. The van der Waals surface area contributed by atoms with Gasteiger partial charge in [0, 0.05) is 18.0 Å². The fourth-order valence-electron chi connectivity index (χ4n) is 1.48. The molecule has 1 amide bonds. The monoisotopic (exact) mass is 236 g/mol. The molecule has 4 heteroatoms. The average Bonchev–Trinajstić information content (AvgIpc) is 2.16. The number of carbonyl (C=O) groups excluding carboxylic acids is 1. The molecule has 86 valence electrons. The first-order valence-corrected chi connectivity index (χ1v) is 5.56. The lowest BCUT2D eigenvalue weighted by Gasteiger charge is -2.13. The Kier molecular flexibility index (Phi) is 4.43. The summed E-state index contributed by atoms with van der Waals surface area (Å²) in [5, 5.41) is 2.86. The van der Waals surface area contributed by atoms with E-state index in [-0.39, 0.29) is 11.9 Å². The van der Waals surface area contributed by atoms with Crippen molar-refractivity contribution in [1.29, 1.82) is 0 Å². The normalized spacial score (nSPS) is 11.9. The molecule has 0 bridgehead atoms. The lowest BCUT2D eigenvalue weighted by Crippen LogP contribution is -2.35. The van der Waals surface area contributed by atoms with E-state index in [0.29, 0.717) is 17.0 Å². The smallest absolute Gasteiger partial charge is 0.251 e. The van der Waals surface area contributed by atoms with Gasteiger partial charge < -0.3 is 11.1 Å². The molecule has 0 aliphatic heterocycles. The van der Waals surface area contributed by atoms with Gasteiger partial charge in [0.25, 0.3) is 5.91 Å². The third-order valence-electron chi connectivity index (χ3n) is 2.27. The Labute approximate surface area is 101 Å². The maximum Gasteiger partial charge on any atom is 0.251 e. The minimum Gasteiger partial charge on any atom is -0.393 e. The number of hydrogen-bond donors (Lipinski definition) is 2. The Balaban J connectivity index is 2.66. The molecule has 0 radical (unpaired) electrons. The van der Waals surface area contributed by atoms with Crippen molar-refractivity contribution in [2.45, 2.75) is 26.3 Å². The zero-order chi connectivity index (χ0) is 12.1. The fourth-order valence-corrected chi connectivity index (χ4v) is 1.73. The van der Waals surface area contributed by atoms with Gasteiger partial charge in [-0.1, -0.05) is 30.4 Å². The molecule has 16 heavy (non-hydrogen) atoms. The van der Waals surface area contributed by atoms with Crippen molar-refractivity contribution in [3.63, 3.8) is 0 Å². The van der Waals surface area contributed by atoms with E-state index in [0.717, 1.165) is 5.56 Å². The molecule has 0 aliphatic rings. The van der Waals surface area contributed by atoms with Gasteiger partial charge in [0.1, 0.15) is 0 Å². The molecule has 0 fully saturated rings. The van der Waals surface area contributed by atoms with Gasteiger partial charge in [-0.25, -0.2) is 0 Å². The number of hydrogen-bond acceptors (Lipinski definition) is 2. The number of rotatable bonds is 4. The van der Waals surface area contributed by atoms with Gasteiger partial charge in [-0.15, -0.1) is 0 Å². The summed E-state index contributed by atoms with van der Waals surface area (Å²) < 4.78 is 0. The second kappa shape index (κ2) is 5.61. The van der Waals surface area contributed by atoms with Crippen molar-refractivity contribution in [3.05, 3.63) is 35.4 Å². The van der Waals surface area contributed by atoms with Crippen LogP contribution in [0.15, 0.2) is 24.3 Å². The molecule has 0 aromatic heterocycles. The molecule has 0 aliphatic carbocycles. The highest BCUT2D eigenvalue weighted by molar-refractivity contribution is 7.80. The highest BCUT2D eigenvalue weighted by Gasteiger charge is 2.11. The van der Waals surface area contributed by atoms with E-state index in [2.05, 4.69) is 5.32 Å². The summed E-state index contributed by atoms with van der Waals surface area (Å²) in [7, 11) is 0. The van der Waals surface area contributed by atoms with Crippen LogP contribution in [0.5, 0.6) is 0 Å². The van der Waals surface area contributed by atoms with E-state index in [4.69, 9.17) is 18.0 Å². The van der Waals surface area contributed by atoms with E-state index in [9.17, 15) is 4.79 Å². The van der Waals surface area contributed by atoms with E-state index in [1.807, 2.05) is 32.0 Å². The van der Waals surface area contributed by atoms with E-state index >= 15 is 0 Å². The predicted molar refractivity (Wildman–Crippen MR) is 69.5 cm³/mol. The Morgan fingerprint density at radius 1 is 1.50 bits per heavy atom. The minimum atomic E-state index is -0.0816. The summed E-state index contributed by atoms with van der Waals surface area (Å²) in [4.78, 5) is 12.3.